The molecule has 1 aromatic rings. The Bertz CT molecular complexity index is 453. The third kappa shape index (κ3) is 2.79. The Balaban J connectivity index is 1.90. The van der Waals surface area contributed by atoms with Crippen LogP contribution >= 0.6 is 11.3 Å². The summed E-state index contributed by atoms with van der Waals surface area (Å²) in [5.41, 5.74) is 2.00. The zero-order chi connectivity index (χ0) is 11.6. The molecule has 0 saturated carbocycles. The van der Waals surface area contributed by atoms with E-state index < -0.39 is 9.84 Å². The van der Waals surface area contributed by atoms with E-state index in [2.05, 4.69) is 10.3 Å². The molecule has 7 heteroatoms. The second-order valence-corrected chi connectivity index (χ2v) is 6.80. The van der Waals surface area contributed by atoms with Gasteiger partial charge in [0.1, 0.15) is 15.5 Å². The maximum absolute atomic E-state index is 11.6. The maximum atomic E-state index is 11.6. The standard InChI is InChI=1S/C9H12N2O3S2/c12-9(8-5-15-6-10-8)11-7-1-3-16(13,14)4-2-7/h5-7H,1-4H2,(H,11,12). The average molecular weight is 260 g/mol. The summed E-state index contributed by atoms with van der Waals surface area (Å²) in [5, 5.41) is 4.48. The Labute approximate surface area is 97.8 Å². The second kappa shape index (κ2) is 4.50. The lowest BCUT2D eigenvalue weighted by molar-refractivity contribution is 0.0930. The highest BCUT2D eigenvalue weighted by Crippen LogP contribution is 2.12. The van der Waals surface area contributed by atoms with Crippen LogP contribution in [0.3, 0.4) is 0 Å². The van der Waals surface area contributed by atoms with Gasteiger partial charge in [-0.1, -0.05) is 0 Å². The molecule has 0 atom stereocenters. The minimum absolute atomic E-state index is 0.0438. The van der Waals surface area contributed by atoms with Crippen LogP contribution in [-0.4, -0.2) is 36.9 Å². The van der Waals surface area contributed by atoms with Crippen molar-refractivity contribution in [1.29, 1.82) is 0 Å². The predicted molar refractivity (Wildman–Crippen MR) is 61.3 cm³/mol. The first-order valence-electron chi connectivity index (χ1n) is 4.96. The van der Waals surface area contributed by atoms with Crippen LogP contribution in [0, 0.1) is 0 Å². The van der Waals surface area contributed by atoms with E-state index in [1.165, 1.54) is 11.3 Å². The highest BCUT2D eigenvalue weighted by Gasteiger charge is 2.25. The lowest BCUT2D eigenvalue weighted by atomic mass is 10.1. The molecular weight excluding hydrogens is 248 g/mol. The second-order valence-electron chi connectivity index (χ2n) is 3.77. The predicted octanol–water partition coefficient (Wildman–Crippen LogP) is 0.450. The van der Waals surface area contributed by atoms with Crippen molar-refractivity contribution in [2.24, 2.45) is 0 Å². The number of carbonyl (C=O) groups excluding carboxylic acids is 1. The number of nitrogens with one attached hydrogen (secondary N) is 1. The van der Waals surface area contributed by atoms with Crippen molar-refractivity contribution < 1.29 is 13.2 Å². The van der Waals surface area contributed by atoms with Gasteiger partial charge in [0.2, 0.25) is 0 Å². The fourth-order valence-electron chi connectivity index (χ4n) is 1.62. The van der Waals surface area contributed by atoms with Crippen molar-refractivity contribution in [3.8, 4) is 0 Å². The van der Waals surface area contributed by atoms with Crippen LogP contribution in [0.4, 0.5) is 0 Å². The molecule has 1 amide bonds. The van der Waals surface area contributed by atoms with Crippen LogP contribution < -0.4 is 5.32 Å². The molecule has 2 heterocycles. The normalized spacial score (nSPS) is 20.5. The Morgan fingerprint density at radius 2 is 2.12 bits per heavy atom. The Morgan fingerprint density at radius 3 is 2.69 bits per heavy atom. The van der Waals surface area contributed by atoms with Gasteiger partial charge < -0.3 is 5.32 Å². The fraction of sp³-hybridized carbons (Fsp3) is 0.556. The SMILES string of the molecule is O=C(NC1CCS(=O)(=O)CC1)c1cscn1. The van der Waals surface area contributed by atoms with Crippen LogP contribution in [0.25, 0.3) is 0 Å². The fourth-order valence-corrected chi connectivity index (χ4v) is 3.64. The van der Waals surface area contributed by atoms with E-state index in [4.69, 9.17) is 0 Å². The molecule has 1 aromatic heterocycles. The summed E-state index contributed by atoms with van der Waals surface area (Å²) in [7, 11) is -2.87. The molecule has 16 heavy (non-hydrogen) atoms. The summed E-state index contributed by atoms with van der Waals surface area (Å²) in [4.78, 5) is 15.5. The van der Waals surface area contributed by atoms with E-state index >= 15 is 0 Å². The largest absolute Gasteiger partial charge is 0.348 e. The summed E-state index contributed by atoms with van der Waals surface area (Å²) in [6.45, 7) is 0. The third-order valence-electron chi connectivity index (χ3n) is 2.55. The summed E-state index contributed by atoms with van der Waals surface area (Å²) in [6, 6.07) is -0.0438. The van der Waals surface area contributed by atoms with Gasteiger partial charge in [-0.05, 0) is 12.8 Å². The molecule has 5 nitrogen and oxygen atoms in total. The molecule has 2 rings (SSSR count). The maximum Gasteiger partial charge on any atom is 0.270 e. The van der Waals surface area contributed by atoms with Crippen molar-refractivity contribution in [2.45, 2.75) is 18.9 Å². The molecule has 88 valence electrons. The number of aromatic nitrogens is 1. The minimum atomic E-state index is -2.87. The van der Waals surface area contributed by atoms with E-state index in [-0.39, 0.29) is 23.5 Å². The third-order valence-corrected chi connectivity index (χ3v) is 4.86. The molecule has 1 fully saturated rings. The Hall–Kier alpha value is -0.950. The molecule has 0 aliphatic carbocycles. The highest BCUT2D eigenvalue weighted by molar-refractivity contribution is 7.91. The van der Waals surface area contributed by atoms with Gasteiger partial charge in [0.25, 0.3) is 5.91 Å². The van der Waals surface area contributed by atoms with E-state index in [0.29, 0.717) is 18.5 Å². The summed E-state index contributed by atoms with van der Waals surface area (Å²) < 4.78 is 22.4. The van der Waals surface area contributed by atoms with E-state index in [1.54, 1.807) is 10.9 Å². The van der Waals surface area contributed by atoms with E-state index in [1.807, 2.05) is 0 Å². The van der Waals surface area contributed by atoms with Gasteiger partial charge >= 0.3 is 0 Å². The van der Waals surface area contributed by atoms with Crippen molar-refractivity contribution in [2.75, 3.05) is 11.5 Å². The zero-order valence-corrected chi connectivity index (χ0v) is 10.2. The highest BCUT2D eigenvalue weighted by atomic mass is 32.2. The molecule has 0 spiro atoms. The van der Waals surface area contributed by atoms with Gasteiger partial charge in [-0.25, -0.2) is 13.4 Å². The van der Waals surface area contributed by atoms with E-state index in [0.717, 1.165) is 0 Å². The average Bonchev–Trinajstić information content (AvgIpc) is 2.74. The smallest absolute Gasteiger partial charge is 0.270 e. The van der Waals surface area contributed by atoms with Crippen molar-refractivity contribution in [3.05, 3.63) is 16.6 Å². The van der Waals surface area contributed by atoms with Gasteiger partial charge in [0.15, 0.2) is 0 Å². The Kier molecular flexibility index (Phi) is 3.25. The molecule has 1 N–H and O–H groups in total. The van der Waals surface area contributed by atoms with Crippen molar-refractivity contribution in [1.82, 2.24) is 10.3 Å². The van der Waals surface area contributed by atoms with Crippen LogP contribution in [-0.2, 0) is 9.84 Å². The van der Waals surface area contributed by atoms with E-state index in [9.17, 15) is 13.2 Å². The number of nitrogens with zero attached hydrogens (tertiary/aromatic N) is 1. The molecule has 1 saturated heterocycles. The van der Waals surface area contributed by atoms with Gasteiger partial charge in [-0.3, -0.25) is 4.79 Å². The van der Waals surface area contributed by atoms with Crippen molar-refractivity contribution in [3.63, 3.8) is 0 Å². The van der Waals surface area contributed by atoms with Crippen LogP contribution in [0.15, 0.2) is 10.9 Å². The lowest BCUT2D eigenvalue weighted by Crippen LogP contribution is -2.40. The molecule has 1 aliphatic rings. The first kappa shape index (κ1) is 11.5. The first-order valence-corrected chi connectivity index (χ1v) is 7.73. The molecule has 1 aliphatic heterocycles. The summed E-state index contributed by atoms with van der Waals surface area (Å²) >= 11 is 1.36. The lowest BCUT2D eigenvalue weighted by Gasteiger charge is -2.22. The number of carbonyl (C=O) groups is 1. The molecule has 0 unspecified atom stereocenters. The van der Waals surface area contributed by atoms with Crippen LogP contribution in [0.5, 0.6) is 0 Å². The quantitative estimate of drug-likeness (QED) is 0.837. The number of amides is 1. The number of hydrogen-bond acceptors (Lipinski definition) is 5. The molecule has 0 aromatic carbocycles. The first-order chi connectivity index (χ1) is 7.57. The monoisotopic (exact) mass is 260 g/mol. The van der Waals surface area contributed by atoms with Gasteiger partial charge in [-0.2, -0.15) is 0 Å². The summed E-state index contributed by atoms with van der Waals surface area (Å²) in [6.07, 6.45) is 0.996. The summed E-state index contributed by atoms with van der Waals surface area (Å²) in [5.74, 6) is 0.106. The van der Waals surface area contributed by atoms with Crippen molar-refractivity contribution >= 4 is 27.1 Å². The topological polar surface area (TPSA) is 76.1 Å². The molecule has 0 bridgehead atoms. The Morgan fingerprint density at radius 1 is 1.44 bits per heavy atom. The van der Waals surface area contributed by atoms with Crippen LogP contribution in [0.2, 0.25) is 0 Å². The number of hydrogen-bond donors (Lipinski definition) is 1. The van der Waals surface area contributed by atoms with Crippen LogP contribution in [0.1, 0.15) is 23.3 Å². The number of sulfone groups is 1. The van der Waals surface area contributed by atoms with Gasteiger partial charge in [0, 0.05) is 11.4 Å². The number of thiazole rings is 1. The zero-order valence-electron chi connectivity index (χ0n) is 8.55. The minimum Gasteiger partial charge on any atom is -0.348 e. The van der Waals surface area contributed by atoms with Gasteiger partial charge in [0.05, 0.1) is 17.0 Å². The molecule has 0 radical (unpaired) electrons. The number of rotatable bonds is 2. The van der Waals surface area contributed by atoms with Gasteiger partial charge in [-0.15, -0.1) is 11.3 Å². The molecular formula is C9H12N2O3S2.